The third-order valence-corrected chi connectivity index (χ3v) is 3.36. The van der Waals surface area contributed by atoms with E-state index < -0.39 is 11.9 Å². The molecule has 0 aliphatic carbocycles. The maximum absolute atomic E-state index is 13.2. The van der Waals surface area contributed by atoms with E-state index in [1.807, 2.05) is 0 Å². The summed E-state index contributed by atoms with van der Waals surface area (Å²) in [5.41, 5.74) is 0.882. The zero-order valence-electron chi connectivity index (χ0n) is 13.1. The van der Waals surface area contributed by atoms with E-state index in [1.54, 1.807) is 26.2 Å². The van der Waals surface area contributed by atoms with Crippen molar-refractivity contribution < 1.29 is 23.5 Å². The van der Waals surface area contributed by atoms with Crippen LogP contribution < -0.4 is 9.47 Å². The molecule has 0 saturated carbocycles. The smallest absolute Gasteiger partial charge is 0.414 e. The van der Waals surface area contributed by atoms with Gasteiger partial charge in [0.2, 0.25) is 5.78 Å². The van der Waals surface area contributed by atoms with Crippen molar-refractivity contribution in [2.75, 3.05) is 14.1 Å². The summed E-state index contributed by atoms with van der Waals surface area (Å²) in [5, 5.41) is 0. The summed E-state index contributed by atoms with van der Waals surface area (Å²) in [7, 11) is 3.13. The van der Waals surface area contributed by atoms with Crippen LogP contribution in [0.15, 0.2) is 48.2 Å². The van der Waals surface area contributed by atoms with E-state index in [-0.39, 0.29) is 17.3 Å². The number of hydrogen-bond donors (Lipinski definition) is 0. The second-order valence-corrected chi connectivity index (χ2v) is 5.42. The number of hydrogen-bond acceptors (Lipinski definition) is 4. The molecule has 1 aliphatic rings. The number of carbonyl (C=O) groups excluding carboxylic acids is 2. The molecule has 5 nitrogen and oxygen atoms in total. The molecular weight excluding hydrogens is 313 g/mol. The number of Topliss-reactive ketones (excluding diaryl/α,β-unsaturated/α-hetero) is 1. The second-order valence-electron chi connectivity index (χ2n) is 5.42. The van der Waals surface area contributed by atoms with Crippen molar-refractivity contribution in [3.63, 3.8) is 0 Å². The summed E-state index contributed by atoms with van der Waals surface area (Å²) in [6.45, 7) is 0. The highest BCUT2D eigenvalue weighted by Crippen LogP contribution is 2.35. The van der Waals surface area contributed by atoms with Gasteiger partial charge in [-0.15, -0.1) is 0 Å². The van der Waals surface area contributed by atoms with Gasteiger partial charge >= 0.3 is 6.09 Å². The molecule has 0 fully saturated rings. The minimum Gasteiger partial charge on any atom is -0.452 e. The number of allylic oxidation sites excluding steroid dienone is 1. The summed E-state index contributed by atoms with van der Waals surface area (Å²) in [5.74, 6) is -0.0457. The molecule has 0 saturated heterocycles. The van der Waals surface area contributed by atoms with Crippen molar-refractivity contribution in [3.8, 4) is 11.5 Å². The van der Waals surface area contributed by atoms with Crippen LogP contribution in [0.4, 0.5) is 9.18 Å². The molecule has 0 spiro atoms. The van der Waals surface area contributed by atoms with Crippen LogP contribution in [0.5, 0.6) is 11.5 Å². The van der Waals surface area contributed by atoms with E-state index in [9.17, 15) is 14.0 Å². The monoisotopic (exact) mass is 327 g/mol. The van der Waals surface area contributed by atoms with Gasteiger partial charge in [0.05, 0.1) is 5.56 Å². The number of amides is 1. The summed E-state index contributed by atoms with van der Waals surface area (Å²) in [4.78, 5) is 25.2. The number of benzene rings is 2. The fourth-order valence-electron chi connectivity index (χ4n) is 2.17. The molecule has 3 rings (SSSR count). The minimum absolute atomic E-state index is 0.0895. The number of ether oxygens (including phenoxy) is 2. The summed E-state index contributed by atoms with van der Waals surface area (Å²) < 4.78 is 23.9. The summed E-state index contributed by atoms with van der Waals surface area (Å²) in [6.07, 6.45) is 0.937. The van der Waals surface area contributed by atoms with Crippen LogP contribution in [0.3, 0.4) is 0 Å². The fraction of sp³-hybridized carbons (Fsp3) is 0.111. The highest BCUT2D eigenvalue weighted by Gasteiger charge is 2.28. The number of carbonyl (C=O) groups is 2. The predicted molar refractivity (Wildman–Crippen MR) is 85.5 cm³/mol. The van der Waals surface area contributed by atoms with E-state index in [1.165, 1.54) is 41.3 Å². The number of rotatable bonds is 2. The average Bonchev–Trinajstić information content (AvgIpc) is 2.83. The Balaban J connectivity index is 1.86. The molecule has 1 amide bonds. The van der Waals surface area contributed by atoms with E-state index in [0.717, 1.165) is 0 Å². The Hall–Kier alpha value is -3.15. The van der Waals surface area contributed by atoms with Gasteiger partial charge < -0.3 is 14.4 Å². The van der Waals surface area contributed by atoms with Crippen LogP contribution in [-0.2, 0) is 0 Å². The van der Waals surface area contributed by atoms with Crippen molar-refractivity contribution in [2.24, 2.45) is 0 Å². The van der Waals surface area contributed by atoms with Gasteiger partial charge in [0.25, 0.3) is 0 Å². The molecule has 24 heavy (non-hydrogen) atoms. The predicted octanol–water partition coefficient (Wildman–Crippen LogP) is 3.50. The van der Waals surface area contributed by atoms with Crippen LogP contribution >= 0.6 is 0 Å². The number of nitrogens with zero attached hydrogens (tertiary/aromatic N) is 1. The molecule has 1 aliphatic heterocycles. The maximum atomic E-state index is 13.2. The molecule has 0 atom stereocenters. The van der Waals surface area contributed by atoms with Gasteiger partial charge in [-0.3, -0.25) is 4.79 Å². The Morgan fingerprint density at radius 3 is 2.71 bits per heavy atom. The van der Waals surface area contributed by atoms with Gasteiger partial charge in [-0.25, -0.2) is 9.18 Å². The zero-order valence-corrected chi connectivity index (χ0v) is 13.1. The molecule has 0 bridgehead atoms. The SMILES string of the molecule is CN(C)C(=O)Oc1ccc2c(c1)OC(=Cc1cccc(F)c1)C2=O. The molecule has 122 valence electrons. The van der Waals surface area contributed by atoms with Crippen LogP contribution in [0.1, 0.15) is 15.9 Å². The van der Waals surface area contributed by atoms with Crippen LogP contribution in [0.2, 0.25) is 0 Å². The number of halogens is 1. The molecule has 0 N–H and O–H groups in total. The first-order valence-electron chi connectivity index (χ1n) is 7.17. The normalized spacial score (nSPS) is 14.3. The highest BCUT2D eigenvalue weighted by atomic mass is 19.1. The van der Waals surface area contributed by atoms with Gasteiger partial charge in [-0.2, -0.15) is 0 Å². The first-order valence-corrected chi connectivity index (χ1v) is 7.17. The maximum Gasteiger partial charge on any atom is 0.414 e. The van der Waals surface area contributed by atoms with Gasteiger partial charge in [0, 0.05) is 20.2 Å². The number of ketones is 1. The minimum atomic E-state index is -0.533. The molecular formula is C18H14FNO4. The van der Waals surface area contributed by atoms with Crippen LogP contribution in [0, 0.1) is 5.82 Å². The molecule has 2 aromatic rings. The van der Waals surface area contributed by atoms with Gasteiger partial charge in [-0.1, -0.05) is 12.1 Å². The topological polar surface area (TPSA) is 55.8 Å². The average molecular weight is 327 g/mol. The lowest BCUT2D eigenvalue weighted by Gasteiger charge is -2.10. The van der Waals surface area contributed by atoms with Crippen molar-refractivity contribution in [2.45, 2.75) is 0 Å². The third kappa shape index (κ3) is 3.12. The highest BCUT2D eigenvalue weighted by molar-refractivity contribution is 6.14. The van der Waals surface area contributed by atoms with Crippen molar-refractivity contribution >= 4 is 18.0 Å². The quantitative estimate of drug-likeness (QED) is 0.792. The van der Waals surface area contributed by atoms with E-state index in [2.05, 4.69) is 0 Å². The fourth-order valence-corrected chi connectivity index (χ4v) is 2.17. The van der Waals surface area contributed by atoms with Gasteiger partial charge in [0.15, 0.2) is 5.76 Å². The molecule has 0 unspecified atom stereocenters. The van der Waals surface area contributed by atoms with Gasteiger partial charge in [0.1, 0.15) is 17.3 Å². The van der Waals surface area contributed by atoms with E-state index in [4.69, 9.17) is 9.47 Å². The second kappa shape index (κ2) is 6.16. The lowest BCUT2D eigenvalue weighted by Crippen LogP contribution is -2.25. The zero-order chi connectivity index (χ0) is 17.3. The molecule has 2 aromatic carbocycles. The van der Waals surface area contributed by atoms with Crippen LogP contribution in [0.25, 0.3) is 6.08 Å². The lowest BCUT2D eigenvalue weighted by atomic mass is 10.1. The lowest BCUT2D eigenvalue weighted by molar-refractivity contribution is 0.101. The molecule has 6 heteroatoms. The van der Waals surface area contributed by atoms with Crippen molar-refractivity contribution in [3.05, 3.63) is 65.2 Å². The summed E-state index contributed by atoms with van der Waals surface area (Å²) >= 11 is 0. The van der Waals surface area contributed by atoms with Crippen molar-refractivity contribution in [1.82, 2.24) is 4.90 Å². The van der Waals surface area contributed by atoms with Gasteiger partial charge in [-0.05, 0) is 35.9 Å². The largest absolute Gasteiger partial charge is 0.452 e. The first-order chi connectivity index (χ1) is 11.4. The summed E-state index contributed by atoms with van der Waals surface area (Å²) in [6, 6.07) is 10.4. The third-order valence-electron chi connectivity index (χ3n) is 3.36. The Kier molecular flexibility index (Phi) is 4.04. The molecule has 0 aromatic heterocycles. The Morgan fingerprint density at radius 2 is 2.00 bits per heavy atom. The molecule has 1 heterocycles. The molecule has 0 radical (unpaired) electrons. The van der Waals surface area contributed by atoms with E-state index >= 15 is 0 Å². The van der Waals surface area contributed by atoms with Crippen molar-refractivity contribution in [1.29, 1.82) is 0 Å². The Labute approximate surface area is 137 Å². The standard InChI is InChI=1S/C18H14FNO4/c1-20(2)18(22)23-13-6-7-14-15(10-13)24-16(17(14)21)9-11-4-3-5-12(19)8-11/h3-10H,1-2H3. The Morgan fingerprint density at radius 1 is 1.21 bits per heavy atom. The van der Waals surface area contributed by atoms with Crippen LogP contribution in [-0.4, -0.2) is 30.9 Å². The number of fused-ring (bicyclic) bond motifs is 1. The van der Waals surface area contributed by atoms with E-state index in [0.29, 0.717) is 16.9 Å². The first kappa shape index (κ1) is 15.7. The Bertz CT molecular complexity index is 858.